The Morgan fingerprint density at radius 1 is 1.00 bits per heavy atom. The number of thioether (sulfide) groups is 1. The summed E-state index contributed by atoms with van der Waals surface area (Å²) in [7, 11) is 0. The summed E-state index contributed by atoms with van der Waals surface area (Å²) in [5.74, 6) is 2.22. The van der Waals surface area contributed by atoms with Crippen molar-refractivity contribution in [2.24, 2.45) is 0 Å². The molecule has 0 bridgehead atoms. The van der Waals surface area contributed by atoms with E-state index in [0.717, 1.165) is 17.9 Å². The quantitative estimate of drug-likeness (QED) is 0.730. The second-order valence-electron chi connectivity index (χ2n) is 4.80. The molecular formula is C17H15BrS. The zero-order chi connectivity index (χ0) is 13.1. The van der Waals surface area contributed by atoms with E-state index < -0.39 is 0 Å². The van der Waals surface area contributed by atoms with Crippen molar-refractivity contribution >= 4 is 33.8 Å². The van der Waals surface area contributed by atoms with Gasteiger partial charge in [0, 0.05) is 16.0 Å². The van der Waals surface area contributed by atoms with Crippen LogP contribution in [0.1, 0.15) is 16.7 Å². The van der Waals surface area contributed by atoms with Crippen LogP contribution in [-0.2, 0) is 12.2 Å². The van der Waals surface area contributed by atoms with E-state index in [1.54, 1.807) is 0 Å². The average Bonchev–Trinajstić information content (AvgIpc) is 2.82. The Bertz CT molecular complexity index is 602. The van der Waals surface area contributed by atoms with Crippen molar-refractivity contribution in [3.05, 3.63) is 75.3 Å². The van der Waals surface area contributed by atoms with Crippen LogP contribution in [0.5, 0.6) is 0 Å². The van der Waals surface area contributed by atoms with E-state index >= 15 is 0 Å². The van der Waals surface area contributed by atoms with E-state index in [9.17, 15) is 0 Å². The molecule has 0 nitrogen and oxygen atoms in total. The lowest BCUT2D eigenvalue weighted by atomic mass is 10.1. The Labute approximate surface area is 127 Å². The lowest BCUT2D eigenvalue weighted by Crippen LogP contribution is -1.89. The predicted molar refractivity (Wildman–Crippen MR) is 88.4 cm³/mol. The van der Waals surface area contributed by atoms with E-state index in [1.807, 2.05) is 11.8 Å². The van der Waals surface area contributed by atoms with Gasteiger partial charge in [-0.2, -0.15) is 11.8 Å². The molecule has 96 valence electrons. The lowest BCUT2D eigenvalue weighted by Gasteiger charge is -2.03. The fraction of sp³-hybridized carbons (Fsp3) is 0.176. The second kappa shape index (κ2) is 5.98. The molecule has 0 saturated carbocycles. The maximum Gasteiger partial charge on any atom is 0.0187 e. The van der Waals surface area contributed by atoms with Gasteiger partial charge in [0.15, 0.2) is 0 Å². The molecular weight excluding hydrogens is 316 g/mol. The topological polar surface area (TPSA) is 0 Å². The molecule has 0 spiro atoms. The summed E-state index contributed by atoms with van der Waals surface area (Å²) in [6, 6.07) is 17.2. The summed E-state index contributed by atoms with van der Waals surface area (Å²) >= 11 is 5.54. The summed E-state index contributed by atoms with van der Waals surface area (Å²) in [5, 5.41) is 0. The first kappa shape index (κ1) is 13.0. The highest BCUT2D eigenvalue weighted by Gasteiger charge is 2.12. The highest BCUT2D eigenvalue weighted by molar-refractivity contribution is 9.10. The highest BCUT2D eigenvalue weighted by Crippen LogP contribution is 2.30. The zero-order valence-corrected chi connectivity index (χ0v) is 13.0. The minimum absolute atomic E-state index is 1.10. The average molecular weight is 331 g/mol. The SMILES string of the molecule is Brc1ccc2c(c1)CC(CSCc1ccccc1)=C2. The Hall–Kier alpha value is -0.990. The molecule has 19 heavy (non-hydrogen) atoms. The molecule has 2 aromatic rings. The van der Waals surface area contributed by atoms with Gasteiger partial charge in [-0.05, 0) is 35.2 Å². The van der Waals surface area contributed by atoms with E-state index in [1.165, 1.54) is 26.7 Å². The summed E-state index contributed by atoms with van der Waals surface area (Å²) in [6.45, 7) is 0. The normalized spacial score (nSPS) is 13.2. The monoisotopic (exact) mass is 330 g/mol. The second-order valence-corrected chi connectivity index (χ2v) is 6.70. The fourth-order valence-corrected chi connectivity index (χ4v) is 3.74. The molecule has 2 aromatic carbocycles. The third-order valence-electron chi connectivity index (χ3n) is 3.28. The maximum absolute atomic E-state index is 3.54. The van der Waals surface area contributed by atoms with Gasteiger partial charge < -0.3 is 0 Å². The summed E-state index contributed by atoms with van der Waals surface area (Å²) in [6.07, 6.45) is 3.45. The summed E-state index contributed by atoms with van der Waals surface area (Å²) in [5.41, 5.74) is 5.78. The van der Waals surface area contributed by atoms with Crippen LogP contribution in [0.25, 0.3) is 6.08 Å². The van der Waals surface area contributed by atoms with Gasteiger partial charge in [-0.25, -0.2) is 0 Å². The number of rotatable bonds is 4. The van der Waals surface area contributed by atoms with Crippen LogP contribution in [-0.4, -0.2) is 5.75 Å². The van der Waals surface area contributed by atoms with Crippen LogP contribution in [0.2, 0.25) is 0 Å². The molecule has 0 radical (unpaired) electrons. The molecule has 1 aliphatic rings. The molecule has 2 heteroatoms. The number of benzene rings is 2. The molecule has 0 amide bonds. The minimum Gasteiger partial charge on any atom is -0.153 e. The van der Waals surface area contributed by atoms with Gasteiger partial charge in [-0.3, -0.25) is 0 Å². The van der Waals surface area contributed by atoms with Crippen molar-refractivity contribution in [2.45, 2.75) is 12.2 Å². The first-order valence-electron chi connectivity index (χ1n) is 6.41. The number of halogens is 1. The Morgan fingerprint density at radius 2 is 1.84 bits per heavy atom. The highest BCUT2D eigenvalue weighted by atomic mass is 79.9. The molecule has 0 unspecified atom stereocenters. The Balaban J connectivity index is 1.56. The number of hydrogen-bond donors (Lipinski definition) is 0. The van der Waals surface area contributed by atoms with Crippen LogP contribution >= 0.6 is 27.7 Å². The van der Waals surface area contributed by atoms with Crippen molar-refractivity contribution in [3.63, 3.8) is 0 Å². The van der Waals surface area contributed by atoms with E-state index in [2.05, 4.69) is 70.5 Å². The molecule has 0 atom stereocenters. The summed E-state index contributed by atoms with van der Waals surface area (Å²) in [4.78, 5) is 0. The van der Waals surface area contributed by atoms with Gasteiger partial charge in [-0.1, -0.05) is 64.0 Å². The van der Waals surface area contributed by atoms with Crippen molar-refractivity contribution in [3.8, 4) is 0 Å². The van der Waals surface area contributed by atoms with E-state index in [0.29, 0.717) is 0 Å². The van der Waals surface area contributed by atoms with Gasteiger partial charge >= 0.3 is 0 Å². The van der Waals surface area contributed by atoms with Crippen LogP contribution < -0.4 is 0 Å². The van der Waals surface area contributed by atoms with Gasteiger partial charge in [-0.15, -0.1) is 0 Å². The smallest absolute Gasteiger partial charge is 0.0187 e. The maximum atomic E-state index is 3.54. The molecule has 0 aromatic heterocycles. The summed E-state index contributed by atoms with van der Waals surface area (Å²) < 4.78 is 1.18. The van der Waals surface area contributed by atoms with E-state index in [4.69, 9.17) is 0 Å². The van der Waals surface area contributed by atoms with Gasteiger partial charge in [0.2, 0.25) is 0 Å². The standard InChI is InChI=1S/C17H15BrS/c18-17-7-6-15-8-14(9-16(15)10-17)12-19-11-13-4-2-1-3-5-13/h1-8,10H,9,11-12H2. The Kier molecular flexibility index (Phi) is 4.09. The third-order valence-corrected chi connectivity index (χ3v) is 4.89. The van der Waals surface area contributed by atoms with Crippen molar-refractivity contribution in [1.82, 2.24) is 0 Å². The molecule has 3 rings (SSSR count). The number of fused-ring (bicyclic) bond motifs is 1. The van der Waals surface area contributed by atoms with Crippen molar-refractivity contribution in [2.75, 3.05) is 5.75 Å². The zero-order valence-electron chi connectivity index (χ0n) is 10.6. The number of hydrogen-bond acceptors (Lipinski definition) is 1. The van der Waals surface area contributed by atoms with Crippen LogP contribution in [0.3, 0.4) is 0 Å². The van der Waals surface area contributed by atoms with Crippen molar-refractivity contribution in [1.29, 1.82) is 0 Å². The molecule has 0 saturated heterocycles. The van der Waals surface area contributed by atoms with Crippen LogP contribution in [0, 0.1) is 0 Å². The first-order valence-corrected chi connectivity index (χ1v) is 8.35. The lowest BCUT2D eigenvalue weighted by molar-refractivity contribution is 1.20. The first-order chi connectivity index (χ1) is 9.31. The molecule has 0 heterocycles. The molecule has 0 aliphatic heterocycles. The largest absolute Gasteiger partial charge is 0.153 e. The van der Waals surface area contributed by atoms with Crippen LogP contribution in [0.4, 0.5) is 0 Å². The molecule has 0 N–H and O–H groups in total. The van der Waals surface area contributed by atoms with Gasteiger partial charge in [0.25, 0.3) is 0 Å². The third kappa shape index (κ3) is 3.31. The van der Waals surface area contributed by atoms with Crippen molar-refractivity contribution < 1.29 is 0 Å². The molecule has 1 aliphatic carbocycles. The van der Waals surface area contributed by atoms with Gasteiger partial charge in [0.1, 0.15) is 0 Å². The van der Waals surface area contributed by atoms with Crippen LogP contribution in [0.15, 0.2) is 58.6 Å². The minimum atomic E-state index is 1.10. The fourth-order valence-electron chi connectivity index (χ4n) is 2.35. The predicted octanol–water partition coefficient (Wildman–Crippen LogP) is 5.32. The van der Waals surface area contributed by atoms with E-state index in [-0.39, 0.29) is 0 Å². The Morgan fingerprint density at radius 3 is 2.68 bits per heavy atom. The van der Waals surface area contributed by atoms with Gasteiger partial charge in [0.05, 0.1) is 0 Å². The molecule has 0 fully saturated rings.